The van der Waals surface area contributed by atoms with E-state index < -0.39 is 0 Å². The van der Waals surface area contributed by atoms with Crippen molar-refractivity contribution in [3.8, 4) is 0 Å². The summed E-state index contributed by atoms with van der Waals surface area (Å²) in [5, 5.41) is 0. The van der Waals surface area contributed by atoms with Crippen molar-refractivity contribution < 1.29 is 9.53 Å². The zero-order valence-electron chi connectivity index (χ0n) is 15.3. The van der Waals surface area contributed by atoms with Crippen molar-refractivity contribution in [1.82, 2.24) is 0 Å². The van der Waals surface area contributed by atoms with Gasteiger partial charge in [-0.2, -0.15) is 0 Å². The highest BCUT2D eigenvalue weighted by atomic mass is 16.5. The van der Waals surface area contributed by atoms with Crippen LogP contribution in [0.25, 0.3) is 0 Å². The Bertz CT molecular complexity index is 584. The highest BCUT2D eigenvalue weighted by molar-refractivity contribution is 5.77. The van der Waals surface area contributed by atoms with Crippen molar-refractivity contribution in [2.24, 2.45) is 45.3 Å². The molecule has 0 N–H and O–H groups in total. The molecule has 6 fully saturated rings. The van der Waals surface area contributed by atoms with Crippen LogP contribution in [0.3, 0.4) is 0 Å². The maximum atomic E-state index is 12.6. The van der Waals surface area contributed by atoms with E-state index in [1.54, 1.807) is 7.11 Å². The summed E-state index contributed by atoms with van der Waals surface area (Å²) in [5.74, 6) is 3.53. The first-order valence-corrected chi connectivity index (χ1v) is 9.89. The maximum Gasteiger partial charge on any atom is 0.311 e. The Balaban J connectivity index is 1.54. The van der Waals surface area contributed by atoms with Crippen LogP contribution < -0.4 is 0 Å². The second kappa shape index (κ2) is 3.99. The van der Waals surface area contributed by atoms with Crippen LogP contribution in [0.1, 0.15) is 72.1 Å². The predicted octanol–water partition coefficient (Wildman–Crippen LogP) is 4.82. The van der Waals surface area contributed by atoms with E-state index in [-0.39, 0.29) is 11.4 Å². The molecule has 0 aliphatic heterocycles. The molecule has 8 atom stereocenters. The van der Waals surface area contributed by atoms with Gasteiger partial charge in [-0.05, 0) is 91.8 Å². The van der Waals surface area contributed by atoms with E-state index in [4.69, 9.17) is 4.74 Å². The minimum Gasteiger partial charge on any atom is -0.469 e. The summed E-state index contributed by atoms with van der Waals surface area (Å²) >= 11 is 0. The van der Waals surface area contributed by atoms with Gasteiger partial charge in [0.2, 0.25) is 0 Å². The molecule has 0 unspecified atom stereocenters. The van der Waals surface area contributed by atoms with Crippen LogP contribution in [0.2, 0.25) is 0 Å². The molecule has 23 heavy (non-hydrogen) atoms. The van der Waals surface area contributed by atoms with Gasteiger partial charge in [-0.15, -0.1) is 0 Å². The van der Waals surface area contributed by atoms with Gasteiger partial charge >= 0.3 is 5.97 Å². The topological polar surface area (TPSA) is 26.3 Å². The zero-order chi connectivity index (χ0) is 16.3. The predicted molar refractivity (Wildman–Crippen MR) is 89.7 cm³/mol. The Labute approximate surface area is 140 Å². The fourth-order valence-corrected chi connectivity index (χ4v) is 9.09. The smallest absolute Gasteiger partial charge is 0.311 e. The number of methoxy groups -OCH3 is 1. The average molecular weight is 316 g/mol. The van der Waals surface area contributed by atoms with Gasteiger partial charge in [0.05, 0.1) is 12.5 Å². The summed E-state index contributed by atoms with van der Waals surface area (Å²) in [4.78, 5) is 12.6. The molecule has 0 heterocycles. The third-order valence-electron chi connectivity index (χ3n) is 10.0. The Morgan fingerprint density at radius 1 is 1.00 bits per heavy atom. The van der Waals surface area contributed by atoms with Gasteiger partial charge in [0.25, 0.3) is 0 Å². The van der Waals surface area contributed by atoms with Crippen LogP contribution in [-0.2, 0) is 9.53 Å². The van der Waals surface area contributed by atoms with E-state index in [1.807, 2.05) is 0 Å². The van der Waals surface area contributed by atoms with Crippen molar-refractivity contribution in [1.29, 1.82) is 0 Å². The second-order valence-corrected chi connectivity index (χ2v) is 10.6. The van der Waals surface area contributed by atoms with Gasteiger partial charge in [-0.3, -0.25) is 4.79 Å². The van der Waals surface area contributed by atoms with Gasteiger partial charge in [0, 0.05) is 0 Å². The third kappa shape index (κ3) is 1.47. The lowest BCUT2D eigenvalue weighted by molar-refractivity contribution is -0.189. The fourth-order valence-electron chi connectivity index (χ4n) is 9.09. The number of rotatable bonds is 1. The highest BCUT2D eigenvalue weighted by Gasteiger charge is 2.78. The van der Waals surface area contributed by atoms with Gasteiger partial charge in [-0.1, -0.05) is 20.3 Å². The molecule has 0 amide bonds. The van der Waals surface area contributed by atoms with Crippen LogP contribution in [0.15, 0.2) is 0 Å². The van der Waals surface area contributed by atoms with E-state index in [2.05, 4.69) is 20.8 Å². The lowest BCUT2D eigenvalue weighted by Crippen LogP contribution is -2.59. The number of hydrogen-bond donors (Lipinski definition) is 0. The summed E-state index contributed by atoms with van der Waals surface area (Å²) in [5.41, 5.74) is 1.47. The molecule has 1 spiro atoms. The van der Waals surface area contributed by atoms with E-state index in [1.165, 1.54) is 44.9 Å². The Kier molecular flexibility index (Phi) is 2.57. The van der Waals surface area contributed by atoms with Crippen LogP contribution in [0.5, 0.6) is 0 Å². The third-order valence-corrected chi connectivity index (χ3v) is 10.0. The first-order valence-electron chi connectivity index (χ1n) is 9.89. The molecule has 0 aromatic heterocycles. The first kappa shape index (κ1) is 14.8. The molecule has 0 saturated heterocycles. The number of carbonyl (C=O) groups excluding carboxylic acids is 1. The van der Waals surface area contributed by atoms with Gasteiger partial charge in [0.1, 0.15) is 0 Å². The van der Waals surface area contributed by atoms with Gasteiger partial charge < -0.3 is 4.74 Å². The van der Waals surface area contributed by atoms with Crippen LogP contribution in [-0.4, -0.2) is 13.1 Å². The van der Waals surface area contributed by atoms with Crippen LogP contribution in [0, 0.1) is 45.3 Å². The van der Waals surface area contributed by atoms with Gasteiger partial charge in [-0.25, -0.2) is 0 Å². The summed E-state index contributed by atoms with van der Waals surface area (Å²) in [6, 6.07) is 0. The molecular formula is C21H32O2. The summed E-state index contributed by atoms with van der Waals surface area (Å²) in [7, 11) is 1.58. The molecule has 6 aliphatic rings. The highest BCUT2D eigenvalue weighted by Crippen LogP contribution is 2.85. The number of hydrogen-bond acceptors (Lipinski definition) is 2. The van der Waals surface area contributed by atoms with E-state index in [0.29, 0.717) is 22.2 Å². The lowest BCUT2D eigenvalue weighted by Gasteiger charge is -2.65. The molecule has 2 heteroatoms. The summed E-state index contributed by atoms with van der Waals surface area (Å²) in [6.45, 7) is 7.34. The molecule has 0 aromatic rings. The monoisotopic (exact) mass is 316 g/mol. The largest absolute Gasteiger partial charge is 0.469 e. The lowest BCUT2D eigenvalue weighted by atomic mass is 9.39. The zero-order valence-corrected chi connectivity index (χ0v) is 15.3. The summed E-state index contributed by atoms with van der Waals surface area (Å²) < 4.78 is 5.26. The van der Waals surface area contributed by atoms with E-state index >= 15 is 0 Å². The van der Waals surface area contributed by atoms with E-state index in [0.717, 1.165) is 24.2 Å². The van der Waals surface area contributed by atoms with Crippen molar-refractivity contribution in [2.75, 3.05) is 7.11 Å². The second-order valence-electron chi connectivity index (χ2n) is 10.6. The normalized spacial score (nSPS) is 62.3. The Hall–Kier alpha value is -0.530. The van der Waals surface area contributed by atoms with Gasteiger partial charge in [0.15, 0.2) is 0 Å². The minimum atomic E-state index is -0.239. The number of ether oxygens (including phenoxy) is 1. The summed E-state index contributed by atoms with van der Waals surface area (Å²) in [6.07, 6.45) is 10.7. The van der Waals surface area contributed by atoms with Crippen LogP contribution in [0.4, 0.5) is 0 Å². The number of carbonyl (C=O) groups is 1. The standard InChI is InChI=1S/C21H32O2/c1-18-7-5-8-19(2,17(22)23-4)15(18)6-9-21-11-14-13(10-16(18)21)20(14,3)12-21/h13-16H,5-12H2,1-4H3/t13-,14-,15+,16+,18-,19-,20+,21+/m1/s1. The van der Waals surface area contributed by atoms with Crippen molar-refractivity contribution in [3.63, 3.8) is 0 Å². The molecule has 0 radical (unpaired) electrons. The van der Waals surface area contributed by atoms with Crippen molar-refractivity contribution >= 4 is 5.97 Å². The van der Waals surface area contributed by atoms with Crippen molar-refractivity contribution in [2.45, 2.75) is 72.1 Å². The van der Waals surface area contributed by atoms with Crippen molar-refractivity contribution in [3.05, 3.63) is 0 Å². The number of esters is 1. The molecule has 6 aliphatic carbocycles. The first-order chi connectivity index (χ1) is 10.8. The van der Waals surface area contributed by atoms with E-state index in [9.17, 15) is 4.79 Å². The average Bonchev–Trinajstić information content (AvgIpc) is 2.97. The SMILES string of the molecule is COC(=O)[C@]1(C)CCC[C@@]2(C)[C@@H]3C[C@@H]4[C@H]5C[C@@]3(CC[C@@H]21)C[C@@]45C. The minimum absolute atomic E-state index is 0.0583. The fraction of sp³-hybridized carbons (Fsp3) is 0.952. The molecule has 4 bridgehead atoms. The number of fused-ring (bicyclic) bond motifs is 1. The Morgan fingerprint density at radius 2 is 1.78 bits per heavy atom. The molecule has 6 rings (SSSR count). The molecule has 2 nitrogen and oxygen atoms in total. The molecule has 6 saturated carbocycles. The molecular weight excluding hydrogens is 284 g/mol. The Morgan fingerprint density at radius 3 is 2.43 bits per heavy atom. The van der Waals surface area contributed by atoms with Crippen LogP contribution >= 0.6 is 0 Å². The maximum absolute atomic E-state index is 12.6. The molecule has 128 valence electrons. The quantitative estimate of drug-likeness (QED) is 0.648. The molecule has 0 aromatic carbocycles.